The Morgan fingerprint density at radius 3 is 2.76 bits per heavy atom. The molecule has 0 amide bonds. The number of ether oxygens (including phenoxy) is 1. The summed E-state index contributed by atoms with van der Waals surface area (Å²) in [4.78, 5) is 15.8. The maximum atomic E-state index is 11.3. The number of fused-ring (bicyclic) bond motifs is 1. The quantitative estimate of drug-likeness (QED) is 0.670. The summed E-state index contributed by atoms with van der Waals surface area (Å²) in [5.41, 5.74) is 3.19. The standard InChI is InChI=1S/C19H17ClN2O3/c1-3-25-13-5-7-17-15(10-13)18(8-11(2)21-17)22-12-4-6-16(20)14(9-12)19(23)24/h4-10H,3H2,1-2H3,(H,21,22)(H,23,24). The lowest BCUT2D eigenvalue weighted by Crippen LogP contribution is -2.00. The van der Waals surface area contributed by atoms with E-state index in [9.17, 15) is 9.90 Å². The van der Waals surface area contributed by atoms with Crippen molar-refractivity contribution in [3.05, 3.63) is 58.7 Å². The van der Waals surface area contributed by atoms with Crippen LogP contribution in [0.25, 0.3) is 10.9 Å². The number of rotatable bonds is 5. The molecule has 25 heavy (non-hydrogen) atoms. The average Bonchev–Trinajstić information content (AvgIpc) is 2.57. The first-order valence-corrected chi connectivity index (χ1v) is 8.20. The first kappa shape index (κ1) is 17.0. The van der Waals surface area contributed by atoms with E-state index in [1.54, 1.807) is 12.1 Å². The molecule has 0 saturated carbocycles. The SMILES string of the molecule is CCOc1ccc2nc(C)cc(Nc3ccc(Cl)c(C(=O)O)c3)c2c1. The van der Waals surface area contributed by atoms with Crippen molar-refractivity contribution in [3.8, 4) is 5.75 Å². The fraction of sp³-hybridized carbons (Fsp3) is 0.158. The molecule has 0 bridgehead atoms. The van der Waals surface area contributed by atoms with Gasteiger partial charge in [0.25, 0.3) is 0 Å². The number of aryl methyl sites for hydroxylation is 1. The summed E-state index contributed by atoms with van der Waals surface area (Å²) in [5.74, 6) is -0.311. The maximum absolute atomic E-state index is 11.3. The van der Waals surface area contributed by atoms with Crippen LogP contribution in [0, 0.1) is 6.92 Å². The first-order valence-electron chi connectivity index (χ1n) is 7.82. The minimum Gasteiger partial charge on any atom is -0.494 e. The number of carboxylic acid groups (broad SMARTS) is 1. The van der Waals surface area contributed by atoms with E-state index in [0.717, 1.165) is 28.0 Å². The van der Waals surface area contributed by atoms with E-state index in [0.29, 0.717) is 12.3 Å². The number of benzene rings is 2. The molecular formula is C19H17ClN2O3. The molecule has 1 aromatic heterocycles. The van der Waals surface area contributed by atoms with E-state index in [1.165, 1.54) is 6.07 Å². The number of halogens is 1. The molecule has 2 aromatic carbocycles. The molecule has 0 radical (unpaired) electrons. The zero-order chi connectivity index (χ0) is 18.0. The van der Waals surface area contributed by atoms with E-state index in [-0.39, 0.29) is 10.6 Å². The highest BCUT2D eigenvalue weighted by Crippen LogP contribution is 2.31. The van der Waals surface area contributed by atoms with Crippen LogP contribution in [-0.4, -0.2) is 22.7 Å². The summed E-state index contributed by atoms with van der Waals surface area (Å²) in [6.07, 6.45) is 0. The molecule has 2 N–H and O–H groups in total. The van der Waals surface area contributed by atoms with Crippen molar-refractivity contribution in [1.82, 2.24) is 4.98 Å². The molecule has 0 aliphatic heterocycles. The minimum atomic E-state index is -1.07. The molecule has 0 spiro atoms. The topological polar surface area (TPSA) is 71.5 Å². The van der Waals surface area contributed by atoms with E-state index in [4.69, 9.17) is 16.3 Å². The predicted molar refractivity (Wildman–Crippen MR) is 99.3 cm³/mol. The van der Waals surface area contributed by atoms with Crippen molar-refractivity contribution in [2.45, 2.75) is 13.8 Å². The Labute approximate surface area is 150 Å². The largest absolute Gasteiger partial charge is 0.494 e. The van der Waals surface area contributed by atoms with Crippen LogP contribution in [0.15, 0.2) is 42.5 Å². The number of carboxylic acids is 1. The zero-order valence-electron chi connectivity index (χ0n) is 13.8. The number of aromatic carboxylic acids is 1. The number of aromatic nitrogens is 1. The van der Waals surface area contributed by atoms with Crippen molar-refractivity contribution in [3.63, 3.8) is 0 Å². The molecule has 0 aliphatic rings. The molecule has 128 valence electrons. The van der Waals surface area contributed by atoms with Gasteiger partial charge in [0.2, 0.25) is 0 Å². The van der Waals surface area contributed by atoms with Gasteiger partial charge in [-0.25, -0.2) is 4.79 Å². The highest BCUT2D eigenvalue weighted by atomic mass is 35.5. The molecule has 1 heterocycles. The lowest BCUT2D eigenvalue weighted by Gasteiger charge is -2.13. The van der Waals surface area contributed by atoms with Gasteiger partial charge in [-0.15, -0.1) is 0 Å². The zero-order valence-corrected chi connectivity index (χ0v) is 14.6. The Hall–Kier alpha value is -2.79. The number of nitrogens with one attached hydrogen (secondary N) is 1. The van der Waals surface area contributed by atoms with Crippen molar-refractivity contribution < 1.29 is 14.6 Å². The van der Waals surface area contributed by atoms with Gasteiger partial charge in [0.15, 0.2) is 0 Å². The Balaban J connectivity index is 2.07. The number of nitrogens with zero attached hydrogens (tertiary/aromatic N) is 1. The molecular weight excluding hydrogens is 340 g/mol. The van der Waals surface area contributed by atoms with Gasteiger partial charge in [-0.2, -0.15) is 0 Å². The second-order valence-electron chi connectivity index (χ2n) is 5.55. The summed E-state index contributed by atoms with van der Waals surface area (Å²) in [6.45, 7) is 4.41. The summed E-state index contributed by atoms with van der Waals surface area (Å²) in [7, 11) is 0. The molecule has 3 aromatic rings. The Kier molecular flexibility index (Phi) is 4.76. The van der Waals surface area contributed by atoms with Crippen LogP contribution < -0.4 is 10.1 Å². The van der Waals surface area contributed by atoms with Crippen molar-refractivity contribution in [1.29, 1.82) is 0 Å². The fourth-order valence-corrected chi connectivity index (χ4v) is 2.82. The van der Waals surface area contributed by atoms with Gasteiger partial charge >= 0.3 is 5.97 Å². The average molecular weight is 357 g/mol. The minimum absolute atomic E-state index is 0.0526. The third-order valence-corrected chi connectivity index (χ3v) is 4.02. The third kappa shape index (κ3) is 3.67. The van der Waals surface area contributed by atoms with Gasteiger partial charge in [0.05, 0.1) is 22.7 Å². The summed E-state index contributed by atoms with van der Waals surface area (Å²) >= 11 is 5.93. The van der Waals surface area contributed by atoms with Crippen molar-refractivity contribution in [2.75, 3.05) is 11.9 Å². The normalized spacial score (nSPS) is 10.7. The van der Waals surface area contributed by atoms with Gasteiger partial charge in [0.1, 0.15) is 5.75 Å². The number of anilines is 2. The Morgan fingerprint density at radius 1 is 1.24 bits per heavy atom. The monoisotopic (exact) mass is 356 g/mol. The fourth-order valence-electron chi connectivity index (χ4n) is 2.62. The highest BCUT2D eigenvalue weighted by Gasteiger charge is 2.11. The van der Waals surface area contributed by atoms with Crippen LogP contribution in [0.1, 0.15) is 23.0 Å². The Bertz CT molecular complexity index is 957. The van der Waals surface area contributed by atoms with Crippen LogP contribution in [0.2, 0.25) is 5.02 Å². The second kappa shape index (κ2) is 6.99. The van der Waals surface area contributed by atoms with Gasteiger partial charge in [-0.1, -0.05) is 11.6 Å². The third-order valence-electron chi connectivity index (χ3n) is 3.69. The number of pyridine rings is 1. The van der Waals surface area contributed by atoms with Crippen LogP contribution >= 0.6 is 11.6 Å². The molecule has 0 atom stereocenters. The van der Waals surface area contributed by atoms with Gasteiger partial charge in [-0.05, 0) is 56.3 Å². The van der Waals surface area contributed by atoms with Crippen LogP contribution in [0.5, 0.6) is 5.75 Å². The highest BCUT2D eigenvalue weighted by molar-refractivity contribution is 6.33. The Morgan fingerprint density at radius 2 is 2.04 bits per heavy atom. The summed E-state index contributed by atoms with van der Waals surface area (Å²) < 4.78 is 5.56. The lowest BCUT2D eigenvalue weighted by molar-refractivity contribution is 0.0697. The molecule has 0 aliphatic carbocycles. The maximum Gasteiger partial charge on any atom is 0.337 e. The molecule has 6 heteroatoms. The first-order chi connectivity index (χ1) is 12.0. The van der Waals surface area contributed by atoms with Crippen molar-refractivity contribution >= 4 is 39.8 Å². The van der Waals surface area contributed by atoms with Crippen LogP contribution in [-0.2, 0) is 0 Å². The smallest absolute Gasteiger partial charge is 0.337 e. The predicted octanol–water partition coefficient (Wildman–Crippen LogP) is 5.04. The summed E-state index contributed by atoms with van der Waals surface area (Å²) in [6, 6.07) is 12.4. The van der Waals surface area contributed by atoms with Gasteiger partial charge in [0, 0.05) is 22.5 Å². The lowest BCUT2D eigenvalue weighted by atomic mass is 10.1. The van der Waals surface area contributed by atoms with Crippen molar-refractivity contribution in [2.24, 2.45) is 0 Å². The van der Waals surface area contributed by atoms with Crippen LogP contribution in [0.4, 0.5) is 11.4 Å². The number of hydrogen-bond donors (Lipinski definition) is 2. The molecule has 5 nitrogen and oxygen atoms in total. The molecule has 0 saturated heterocycles. The van der Waals surface area contributed by atoms with E-state index in [2.05, 4.69) is 10.3 Å². The van der Waals surface area contributed by atoms with E-state index < -0.39 is 5.97 Å². The number of hydrogen-bond acceptors (Lipinski definition) is 4. The molecule has 0 unspecified atom stereocenters. The van der Waals surface area contributed by atoms with E-state index >= 15 is 0 Å². The molecule has 3 rings (SSSR count). The number of carbonyl (C=O) groups is 1. The van der Waals surface area contributed by atoms with E-state index in [1.807, 2.05) is 38.1 Å². The van der Waals surface area contributed by atoms with Gasteiger partial charge in [-0.3, -0.25) is 4.98 Å². The summed E-state index contributed by atoms with van der Waals surface area (Å²) in [5, 5.41) is 13.6. The van der Waals surface area contributed by atoms with Crippen LogP contribution in [0.3, 0.4) is 0 Å². The second-order valence-corrected chi connectivity index (χ2v) is 5.96. The van der Waals surface area contributed by atoms with Gasteiger partial charge < -0.3 is 15.2 Å². The molecule has 0 fully saturated rings.